The molecule has 1 aromatic carbocycles. The van der Waals surface area contributed by atoms with E-state index in [1.54, 1.807) is 7.11 Å². The van der Waals surface area contributed by atoms with E-state index >= 15 is 0 Å². The second-order valence-electron chi connectivity index (χ2n) is 5.39. The van der Waals surface area contributed by atoms with Crippen molar-refractivity contribution in [2.24, 2.45) is 17.8 Å². The molecule has 4 heteroatoms. The van der Waals surface area contributed by atoms with Crippen LogP contribution < -0.4 is 0 Å². The molecule has 0 unspecified atom stereocenters. The first-order valence-corrected chi connectivity index (χ1v) is 6.74. The molecule has 0 N–H and O–H groups in total. The van der Waals surface area contributed by atoms with E-state index in [-0.39, 0.29) is 6.09 Å². The Hall–Kier alpha value is -1.55. The first-order chi connectivity index (χ1) is 9.29. The molecule has 1 heterocycles. The summed E-state index contributed by atoms with van der Waals surface area (Å²) in [6.07, 6.45) is -0.188. The van der Waals surface area contributed by atoms with Gasteiger partial charge in [-0.2, -0.15) is 0 Å². The third-order valence-corrected chi connectivity index (χ3v) is 4.19. The fourth-order valence-corrected chi connectivity index (χ4v) is 3.05. The summed E-state index contributed by atoms with van der Waals surface area (Å²) in [7, 11) is 1.74. The Balaban J connectivity index is 1.44. The van der Waals surface area contributed by atoms with Crippen LogP contribution in [0.2, 0.25) is 0 Å². The maximum absolute atomic E-state index is 11.9. The van der Waals surface area contributed by atoms with Crippen molar-refractivity contribution in [1.29, 1.82) is 0 Å². The highest BCUT2D eigenvalue weighted by Crippen LogP contribution is 2.51. The van der Waals surface area contributed by atoms with Gasteiger partial charge < -0.3 is 14.4 Å². The Kier molecular flexibility index (Phi) is 3.42. The minimum absolute atomic E-state index is 0.188. The predicted octanol–water partition coefficient (Wildman–Crippen LogP) is 2.15. The lowest BCUT2D eigenvalue weighted by Crippen LogP contribution is -2.32. The largest absolute Gasteiger partial charge is 0.445 e. The monoisotopic (exact) mass is 261 g/mol. The normalized spacial score (nSPS) is 28.1. The van der Waals surface area contributed by atoms with Gasteiger partial charge in [-0.05, 0) is 23.3 Å². The molecule has 102 valence electrons. The summed E-state index contributed by atoms with van der Waals surface area (Å²) in [6.45, 7) is 2.83. The van der Waals surface area contributed by atoms with Gasteiger partial charge in [0.2, 0.25) is 0 Å². The molecule has 0 spiro atoms. The zero-order valence-electron chi connectivity index (χ0n) is 11.1. The number of rotatable bonds is 4. The van der Waals surface area contributed by atoms with Gasteiger partial charge in [-0.15, -0.1) is 0 Å². The van der Waals surface area contributed by atoms with Gasteiger partial charge >= 0.3 is 6.09 Å². The number of carbonyl (C=O) groups excluding carboxylic acids is 1. The lowest BCUT2D eigenvalue weighted by Gasteiger charge is -2.19. The topological polar surface area (TPSA) is 38.8 Å². The third kappa shape index (κ3) is 2.59. The van der Waals surface area contributed by atoms with E-state index in [1.165, 1.54) is 0 Å². The number of benzene rings is 1. The summed E-state index contributed by atoms with van der Waals surface area (Å²) in [4.78, 5) is 13.7. The maximum Gasteiger partial charge on any atom is 0.410 e. The van der Waals surface area contributed by atoms with Gasteiger partial charge in [0.1, 0.15) is 6.61 Å². The lowest BCUT2D eigenvalue weighted by molar-refractivity contribution is 0.0946. The van der Waals surface area contributed by atoms with E-state index < -0.39 is 0 Å². The summed E-state index contributed by atoms with van der Waals surface area (Å²) < 4.78 is 10.5. The van der Waals surface area contributed by atoms with Crippen LogP contribution in [0.1, 0.15) is 5.56 Å². The van der Waals surface area contributed by atoms with Crippen LogP contribution in [-0.4, -0.2) is 37.8 Å². The third-order valence-electron chi connectivity index (χ3n) is 4.19. The molecule has 2 aliphatic rings. The molecule has 1 aromatic rings. The quantitative estimate of drug-likeness (QED) is 0.833. The van der Waals surface area contributed by atoms with Crippen LogP contribution in [0.5, 0.6) is 0 Å². The first kappa shape index (κ1) is 12.5. The fourth-order valence-electron chi connectivity index (χ4n) is 3.05. The number of hydrogen-bond acceptors (Lipinski definition) is 3. The van der Waals surface area contributed by atoms with Gasteiger partial charge in [0.25, 0.3) is 0 Å². The summed E-state index contributed by atoms with van der Waals surface area (Å²) in [5.41, 5.74) is 1.03. The molecule has 4 nitrogen and oxygen atoms in total. The summed E-state index contributed by atoms with van der Waals surface area (Å²) in [6, 6.07) is 9.77. The zero-order chi connectivity index (χ0) is 13.2. The molecule has 1 saturated carbocycles. The summed E-state index contributed by atoms with van der Waals surface area (Å²) >= 11 is 0. The van der Waals surface area contributed by atoms with Gasteiger partial charge in [-0.1, -0.05) is 30.3 Å². The molecular formula is C15H19NO3. The second kappa shape index (κ2) is 5.21. The van der Waals surface area contributed by atoms with Gasteiger partial charge in [0.05, 0.1) is 0 Å². The van der Waals surface area contributed by atoms with Crippen LogP contribution in [0, 0.1) is 17.8 Å². The molecule has 0 bridgehead atoms. The Labute approximate surface area is 113 Å². The van der Waals surface area contributed by atoms with Gasteiger partial charge in [-0.3, -0.25) is 0 Å². The molecule has 1 aliphatic carbocycles. The number of ether oxygens (including phenoxy) is 2. The second-order valence-corrected chi connectivity index (χ2v) is 5.39. The molecule has 0 aromatic heterocycles. The van der Waals surface area contributed by atoms with Gasteiger partial charge in [-0.25, -0.2) is 4.79 Å². The van der Waals surface area contributed by atoms with E-state index in [0.29, 0.717) is 24.4 Å². The van der Waals surface area contributed by atoms with E-state index in [1.807, 2.05) is 35.2 Å². The Morgan fingerprint density at radius 3 is 2.58 bits per heavy atom. The van der Waals surface area contributed by atoms with Crippen LogP contribution in [-0.2, 0) is 16.1 Å². The molecule has 1 saturated heterocycles. The molecule has 3 rings (SSSR count). The highest BCUT2D eigenvalue weighted by Gasteiger charge is 2.56. The van der Waals surface area contributed by atoms with Gasteiger partial charge in [0, 0.05) is 26.8 Å². The van der Waals surface area contributed by atoms with Crippen LogP contribution in [0.3, 0.4) is 0 Å². The van der Waals surface area contributed by atoms with E-state index in [9.17, 15) is 4.79 Å². The minimum Gasteiger partial charge on any atom is -0.445 e. The number of methoxy groups -OCH3 is 1. The van der Waals surface area contributed by atoms with Crippen LogP contribution >= 0.6 is 0 Å². The van der Waals surface area contributed by atoms with Crippen LogP contribution in [0.4, 0.5) is 4.79 Å². The molecule has 0 radical (unpaired) electrons. The maximum atomic E-state index is 11.9. The average Bonchev–Trinajstić information content (AvgIpc) is 2.89. The molecule has 19 heavy (non-hydrogen) atoms. The summed E-state index contributed by atoms with van der Waals surface area (Å²) in [5.74, 6) is 1.91. The number of fused-ring (bicyclic) bond motifs is 1. The molecule has 1 amide bonds. The number of amides is 1. The zero-order valence-corrected chi connectivity index (χ0v) is 11.1. The Morgan fingerprint density at radius 2 is 1.95 bits per heavy atom. The van der Waals surface area contributed by atoms with Crippen molar-refractivity contribution in [3.8, 4) is 0 Å². The van der Waals surface area contributed by atoms with Gasteiger partial charge in [0.15, 0.2) is 0 Å². The fraction of sp³-hybridized carbons (Fsp3) is 0.533. The highest BCUT2D eigenvalue weighted by atomic mass is 16.6. The van der Waals surface area contributed by atoms with E-state index in [4.69, 9.17) is 9.47 Å². The number of likely N-dealkylation sites (tertiary alicyclic amines) is 1. The highest BCUT2D eigenvalue weighted by molar-refractivity contribution is 5.68. The van der Waals surface area contributed by atoms with Crippen molar-refractivity contribution in [3.05, 3.63) is 35.9 Å². The predicted molar refractivity (Wildman–Crippen MR) is 70.5 cm³/mol. The van der Waals surface area contributed by atoms with Crippen molar-refractivity contribution >= 4 is 6.09 Å². The molecule has 3 atom stereocenters. The van der Waals surface area contributed by atoms with Crippen LogP contribution in [0.25, 0.3) is 0 Å². The summed E-state index contributed by atoms with van der Waals surface area (Å²) in [5, 5.41) is 0. The molecular weight excluding hydrogens is 242 g/mol. The van der Waals surface area contributed by atoms with Crippen LogP contribution in [0.15, 0.2) is 30.3 Å². The molecule has 2 fully saturated rings. The van der Waals surface area contributed by atoms with Crippen molar-refractivity contribution in [1.82, 2.24) is 4.90 Å². The smallest absolute Gasteiger partial charge is 0.410 e. The Bertz CT molecular complexity index is 436. The number of piperidine rings is 1. The lowest BCUT2D eigenvalue weighted by atomic mass is 10.2. The van der Waals surface area contributed by atoms with Crippen molar-refractivity contribution < 1.29 is 14.3 Å². The first-order valence-electron chi connectivity index (χ1n) is 6.74. The SMILES string of the molecule is COC[C@@H]1[C@H]2CN(C(=O)OCc3ccccc3)C[C@@H]12. The minimum atomic E-state index is -0.188. The number of nitrogens with zero attached hydrogens (tertiary/aromatic N) is 1. The average molecular weight is 261 g/mol. The molecule has 1 aliphatic heterocycles. The van der Waals surface area contributed by atoms with Crippen molar-refractivity contribution in [2.75, 3.05) is 26.8 Å². The Morgan fingerprint density at radius 1 is 1.26 bits per heavy atom. The van der Waals surface area contributed by atoms with E-state index in [0.717, 1.165) is 25.3 Å². The van der Waals surface area contributed by atoms with E-state index in [2.05, 4.69) is 0 Å². The standard InChI is InChI=1S/C15H19NO3/c1-18-10-14-12-7-16(8-13(12)14)15(17)19-9-11-5-3-2-4-6-11/h2-6,12-14H,7-10H2,1H3/t12-,13+,14+. The van der Waals surface area contributed by atoms with Crippen molar-refractivity contribution in [2.45, 2.75) is 6.61 Å². The van der Waals surface area contributed by atoms with Crippen molar-refractivity contribution in [3.63, 3.8) is 0 Å². The number of hydrogen-bond donors (Lipinski definition) is 0. The number of carbonyl (C=O) groups is 1.